The molecule has 1 aromatic rings. The molecule has 1 N–H and O–H groups in total. The minimum Gasteiger partial charge on any atom is -0.468 e. The summed E-state index contributed by atoms with van der Waals surface area (Å²) in [4.78, 5) is 11.9. The number of nitrogens with one attached hydrogen (secondary N) is 1. The summed E-state index contributed by atoms with van der Waals surface area (Å²) >= 11 is 0. The van der Waals surface area contributed by atoms with Crippen molar-refractivity contribution in [3.8, 4) is 0 Å². The predicted molar refractivity (Wildman–Crippen MR) is 84.8 cm³/mol. The van der Waals surface area contributed by atoms with E-state index < -0.39 is 0 Å². The van der Waals surface area contributed by atoms with Crippen LogP contribution in [-0.4, -0.2) is 19.1 Å². The second-order valence-electron chi connectivity index (χ2n) is 5.65. The highest BCUT2D eigenvalue weighted by Gasteiger charge is 2.17. The van der Waals surface area contributed by atoms with Gasteiger partial charge in [-0.25, -0.2) is 0 Å². The SMILES string of the molecule is COC(=O)[C@H](/C=C/C1CCCCC1)NCc1ccccc1. The van der Waals surface area contributed by atoms with Crippen LogP contribution < -0.4 is 5.32 Å². The van der Waals surface area contributed by atoms with Crippen LogP contribution in [0.2, 0.25) is 0 Å². The molecule has 0 heterocycles. The van der Waals surface area contributed by atoms with Crippen molar-refractivity contribution in [1.29, 1.82) is 0 Å². The van der Waals surface area contributed by atoms with Crippen molar-refractivity contribution in [2.75, 3.05) is 7.11 Å². The van der Waals surface area contributed by atoms with Crippen LogP contribution in [0.4, 0.5) is 0 Å². The zero-order chi connectivity index (χ0) is 14.9. The van der Waals surface area contributed by atoms with Gasteiger partial charge in [-0.1, -0.05) is 61.7 Å². The minimum absolute atomic E-state index is 0.224. The maximum absolute atomic E-state index is 11.9. The fourth-order valence-electron chi connectivity index (χ4n) is 2.78. The lowest BCUT2D eigenvalue weighted by Crippen LogP contribution is -2.35. The van der Waals surface area contributed by atoms with Gasteiger partial charge in [0.25, 0.3) is 0 Å². The van der Waals surface area contributed by atoms with Crippen molar-refractivity contribution in [2.45, 2.75) is 44.7 Å². The Kier molecular flexibility index (Phi) is 6.48. The molecule has 1 aliphatic rings. The number of allylic oxidation sites excluding steroid dienone is 1. The van der Waals surface area contributed by atoms with Crippen LogP contribution in [0, 0.1) is 5.92 Å². The lowest BCUT2D eigenvalue weighted by atomic mass is 9.89. The third kappa shape index (κ3) is 5.35. The maximum Gasteiger partial charge on any atom is 0.326 e. The van der Waals surface area contributed by atoms with Crippen LogP contribution >= 0.6 is 0 Å². The highest BCUT2D eigenvalue weighted by atomic mass is 16.5. The number of methoxy groups -OCH3 is 1. The second-order valence-corrected chi connectivity index (χ2v) is 5.65. The molecule has 3 heteroatoms. The molecular formula is C18H25NO2. The van der Waals surface area contributed by atoms with Crippen molar-refractivity contribution in [2.24, 2.45) is 5.92 Å². The van der Waals surface area contributed by atoms with Crippen LogP contribution in [0.5, 0.6) is 0 Å². The largest absolute Gasteiger partial charge is 0.468 e. The summed E-state index contributed by atoms with van der Waals surface area (Å²) in [6.07, 6.45) is 10.6. The summed E-state index contributed by atoms with van der Waals surface area (Å²) in [6.45, 7) is 0.662. The zero-order valence-electron chi connectivity index (χ0n) is 12.8. The Labute approximate surface area is 127 Å². The molecule has 0 unspecified atom stereocenters. The van der Waals surface area contributed by atoms with Gasteiger partial charge >= 0.3 is 5.97 Å². The Hall–Kier alpha value is -1.61. The average molecular weight is 287 g/mol. The summed E-state index contributed by atoms with van der Waals surface area (Å²) in [6, 6.07) is 9.73. The standard InChI is InChI=1S/C18H25NO2/c1-21-18(20)17(13-12-15-8-4-2-5-9-15)19-14-16-10-6-3-7-11-16/h3,6-7,10-13,15,17,19H,2,4-5,8-9,14H2,1H3/b13-12+/t17-/m0/s1. The average Bonchev–Trinajstić information content (AvgIpc) is 2.56. The van der Waals surface area contributed by atoms with Gasteiger partial charge in [0.1, 0.15) is 6.04 Å². The molecule has 1 atom stereocenters. The van der Waals surface area contributed by atoms with Gasteiger partial charge in [0.15, 0.2) is 0 Å². The fourth-order valence-corrected chi connectivity index (χ4v) is 2.78. The van der Waals surface area contributed by atoms with Crippen LogP contribution in [0.15, 0.2) is 42.5 Å². The van der Waals surface area contributed by atoms with E-state index in [4.69, 9.17) is 4.74 Å². The van der Waals surface area contributed by atoms with E-state index in [1.165, 1.54) is 39.2 Å². The first-order chi connectivity index (χ1) is 10.3. The number of carbonyl (C=O) groups excluding carboxylic acids is 1. The number of hydrogen-bond acceptors (Lipinski definition) is 3. The van der Waals surface area contributed by atoms with Crippen molar-refractivity contribution in [3.63, 3.8) is 0 Å². The molecule has 1 fully saturated rings. The highest BCUT2D eigenvalue weighted by Crippen LogP contribution is 2.24. The number of benzene rings is 1. The maximum atomic E-state index is 11.9. The summed E-state index contributed by atoms with van der Waals surface area (Å²) in [7, 11) is 1.44. The molecular weight excluding hydrogens is 262 g/mol. The first-order valence-electron chi connectivity index (χ1n) is 7.83. The molecule has 0 bridgehead atoms. The Morgan fingerprint density at radius 2 is 2.00 bits per heavy atom. The van der Waals surface area contributed by atoms with Crippen LogP contribution in [0.25, 0.3) is 0 Å². The Balaban J connectivity index is 1.91. The predicted octanol–water partition coefficient (Wildman–Crippen LogP) is 3.45. The van der Waals surface area contributed by atoms with E-state index in [0.717, 1.165) is 5.56 Å². The summed E-state index contributed by atoms with van der Waals surface area (Å²) in [5.41, 5.74) is 1.16. The van der Waals surface area contributed by atoms with Crippen LogP contribution in [0.1, 0.15) is 37.7 Å². The van der Waals surface area contributed by atoms with Gasteiger partial charge < -0.3 is 4.74 Å². The van der Waals surface area contributed by atoms with Gasteiger partial charge in [-0.15, -0.1) is 0 Å². The Morgan fingerprint density at radius 3 is 2.67 bits per heavy atom. The quantitative estimate of drug-likeness (QED) is 0.643. The van der Waals surface area contributed by atoms with E-state index in [-0.39, 0.29) is 12.0 Å². The van der Waals surface area contributed by atoms with E-state index in [1.54, 1.807) is 0 Å². The first-order valence-corrected chi connectivity index (χ1v) is 7.83. The smallest absolute Gasteiger partial charge is 0.326 e. The lowest BCUT2D eigenvalue weighted by Gasteiger charge is -2.19. The molecule has 0 amide bonds. The number of hydrogen-bond donors (Lipinski definition) is 1. The topological polar surface area (TPSA) is 38.3 Å². The van der Waals surface area contributed by atoms with Crippen LogP contribution in [0.3, 0.4) is 0 Å². The first kappa shape index (κ1) is 15.8. The molecule has 0 spiro atoms. The minimum atomic E-state index is -0.364. The highest BCUT2D eigenvalue weighted by molar-refractivity contribution is 5.77. The van der Waals surface area contributed by atoms with Crippen molar-refractivity contribution in [1.82, 2.24) is 5.32 Å². The summed E-state index contributed by atoms with van der Waals surface area (Å²) in [5.74, 6) is 0.391. The van der Waals surface area contributed by atoms with Crippen molar-refractivity contribution < 1.29 is 9.53 Å². The lowest BCUT2D eigenvalue weighted by molar-refractivity contribution is -0.141. The molecule has 0 radical (unpaired) electrons. The molecule has 2 rings (SSSR count). The molecule has 1 aliphatic carbocycles. The number of carbonyl (C=O) groups is 1. The third-order valence-corrected chi connectivity index (χ3v) is 4.05. The van der Waals surface area contributed by atoms with Gasteiger partial charge in [0, 0.05) is 6.54 Å². The van der Waals surface area contributed by atoms with Gasteiger partial charge in [0.2, 0.25) is 0 Å². The normalized spacial score (nSPS) is 17.8. The zero-order valence-corrected chi connectivity index (χ0v) is 12.8. The van der Waals surface area contributed by atoms with Gasteiger partial charge in [-0.05, 0) is 24.3 Å². The van der Waals surface area contributed by atoms with E-state index in [0.29, 0.717) is 12.5 Å². The summed E-state index contributed by atoms with van der Waals surface area (Å²) in [5, 5.41) is 3.26. The molecule has 114 valence electrons. The molecule has 1 aromatic carbocycles. The monoisotopic (exact) mass is 287 g/mol. The van der Waals surface area contributed by atoms with Gasteiger partial charge in [0.05, 0.1) is 7.11 Å². The van der Waals surface area contributed by atoms with Crippen molar-refractivity contribution >= 4 is 5.97 Å². The van der Waals surface area contributed by atoms with E-state index >= 15 is 0 Å². The van der Waals surface area contributed by atoms with E-state index in [9.17, 15) is 4.79 Å². The van der Waals surface area contributed by atoms with E-state index in [2.05, 4.69) is 11.4 Å². The van der Waals surface area contributed by atoms with E-state index in [1.807, 2.05) is 36.4 Å². The molecule has 0 saturated heterocycles. The second kappa shape index (κ2) is 8.63. The molecule has 3 nitrogen and oxygen atoms in total. The number of rotatable bonds is 6. The van der Waals surface area contributed by atoms with Gasteiger partial charge in [-0.3, -0.25) is 10.1 Å². The Morgan fingerprint density at radius 1 is 1.29 bits per heavy atom. The number of esters is 1. The fraction of sp³-hybridized carbons (Fsp3) is 0.500. The third-order valence-electron chi connectivity index (χ3n) is 4.05. The molecule has 21 heavy (non-hydrogen) atoms. The van der Waals surface area contributed by atoms with Gasteiger partial charge in [-0.2, -0.15) is 0 Å². The Bertz CT molecular complexity index is 450. The molecule has 1 saturated carbocycles. The summed E-state index contributed by atoms with van der Waals surface area (Å²) < 4.78 is 4.89. The molecule has 0 aliphatic heterocycles. The van der Waals surface area contributed by atoms with Crippen molar-refractivity contribution in [3.05, 3.63) is 48.0 Å². The number of ether oxygens (including phenoxy) is 1. The van der Waals surface area contributed by atoms with Crippen LogP contribution in [-0.2, 0) is 16.1 Å². The molecule has 0 aromatic heterocycles.